The van der Waals surface area contributed by atoms with Crippen LogP contribution in [0.3, 0.4) is 0 Å². The quantitative estimate of drug-likeness (QED) is 0.815. The molecule has 2 aromatic heterocycles. The minimum Gasteiger partial charge on any atom is -0.472 e. The van der Waals surface area contributed by atoms with E-state index in [1.54, 1.807) is 24.3 Å². The van der Waals surface area contributed by atoms with Gasteiger partial charge in [0.2, 0.25) is 5.91 Å². The Bertz CT molecular complexity index is 620. The fraction of sp³-hybridized carbons (Fsp3) is 0.412. The first-order chi connectivity index (χ1) is 11.0. The first kappa shape index (κ1) is 17.3. The van der Waals surface area contributed by atoms with Crippen molar-refractivity contribution < 1.29 is 14.0 Å². The molecule has 5 nitrogen and oxygen atoms in total. The van der Waals surface area contributed by atoms with Gasteiger partial charge in [0.25, 0.3) is 5.91 Å². The highest BCUT2D eigenvalue weighted by Gasteiger charge is 2.22. The third kappa shape index (κ3) is 4.96. The summed E-state index contributed by atoms with van der Waals surface area (Å²) in [5.41, 5.74) is 0.404. The largest absolute Gasteiger partial charge is 0.472 e. The van der Waals surface area contributed by atoms with E-state index in [0.717, 1.165) is 11.3 Å². The second-order valence-electron chi connectivity index (χ2n) is 5.91. The van der Waals surface area contributed by atoms with Crippen LogP contribution in [-0.4, -0.2) is 17.9 Å². The summed E-state index contributed by atoms with van der Waals surface area (Å²) in [6, 6.07) is 4.91. The van der Waals surface area contributed by atoms with Gasteiger partial charge >= 0.3 is 0 Å². The van der Waals surface area contributed by atoms with Crippen molar-refractivity contribution in [3.8, 4) is 0 Å². The summed E-state index contributed by atoms with van der Waals surface area (Å²) in [7, 11) is 0. The highest BCUT2D eigenvalue weighted by Crippen LogP contribution is 2.25. The van der Waals surface area contributed by atoms with Crippen LogP contribution in [0.5, 0.6) is 0 Å². The number of carbonyl (C=O) groups excluding carboxylic acids is 2. The lowest BCUT2D eigenvalue weighted by Gasteiger charge is -2.22. The number of hydrogen-bond donors (Lipinski definition) is 2. The molecule has 2 heterocycles. The average Bonchev–Trinajstić information content (AvgIpc) is 3.19. The van der Waals surface area contributed by atoms with Crippen molar-refractivity contribution in [2.45, 2.75) is 39.3 Å². The Morgan fingerprint density at radius 1 is 1.22 bits per heavy atom. The van der Waals surface area contributed by atoms with Crippen LogP contribution in [0.1, 0.15) is 48.5 Å². The van der Waals surface area contributed by atoms with Gasteiger partial charge < -0.3 is 15.1 Å². The molecular formula is C17H22N2O3S. The van der Waals surface area contributed by atoms with Crippen LogP contribution in [0, 0.1) is 5.92 Å². The van der Waals surface area contributed by atoms with Gasteiger partial charge in [0.05, 0.1) is 17.9 Å². The van der Waals surface area contributed by atoms with E-state index >= 15 is 0 Å². The van der Waals surface area contributed by atoms with Crippen molar-refractivity contribution in [3.63, 3.8) is 0 Å². The van der Waals surface area contributed by atoms with E-state index in [-0.39, 0.29) is 17.9 Å². The fourth-order valence-corrected chi connectivity index (χ4v) is 3.03. The zero-order valence-corrected chi connectivity index (χ0v) is 14.4. The van der Waals surface area contributed by atoms with Gasteiger partial charge in [-0.2, -0.15) is 0 Å². The second-order valence-corrected chi connectivity index (χ2v) is 6.89. The zero-order chi connectivity index (χ0) is 16.8. The summed E-state index contributed by atoms with van der Waals surface area (Å²) in [6.07, 6.45) is 3.64. The predicted molar refractivity (Wildman–Crippen MR) is 90.3 cm³/mol. The number of amides is 2. The Morgan fingerprint density at radius 3 is 2.57 bits per heavy atom. The van der Waals surface area contributed by atoms with Crippen molar-refractivity contribution in [2.24, 2.45) is 5.92 Å². The van der Waals surface area contributed by atoms with E-state index in [4.69, 9.17) is 4.42 Å². The summed E-state index contributed by atoms with van der Waals surface area (Å²) < 4.78 is 4.87. The Balaban J connectivity index is 1.96. The number of nitrogens with one attached hydrogen (secondary N) is 2. The van der Waals surface area contributed by atoms with E-state index in [1.165, 1.54) is 12.5 Å². The van der Waals surface area contributed by atoms with E-state index in [2.05, 4.69) is 24.5 Å². The molecule has 2 unspecified atom stereocenters. The Hall–Kier alpha value is -2.08. The van der Waals surface area contributed by atoms with Gasteiger partial charge in [-0.3, -0.25) is 9.59 Å². The molecular weight excluding hydrogens is 312 g/mol. The van der Waals surface area contributed by atoms with Gasteiger partial charge in [0.1, 0.15) is 12.3 Å². The molecule has 0 aromatic carbocycles. The highest BCUT2D eigenvalue weighted by atomic mass is 32.1. The lowest BCUT2D eigenvalue weighted by molar-refractivity contribution is -0.123. The molecule has 0 aliphatic rings. The van der Waals surface area contributed by atoms with Crippen LogP contribution in [0.4, 0.5) is 0 Å². The standard InChI is InChI=1S/C17H22N2O3S/c1-11(2)9-14(15-5-4-8-23-15)19-16(20)12(3)18-17(21)13-6-7-22-10-13/h4-8,10-12,14H,9H2,1-3H3,(H,18,21)(H,19,20). The summed E-state index contributed by atoms with van der Waals surface area (Å²) >= 11 is 1.62. The van der Waals surface area contributed by atoms with Gasteiger partial charge in [-0.25, -0.2) is 0 Å². The number of furan rings is 1. The molecule has 0 spiro atoms. The maximum Gasteiger partial charge on any atom is 0.255 e. The van der Waals surface area contributed by atoms with Crippen LogP contribution in [0.15, 0.2) is 40.5 Å². The summed E-state index contributed by atoms with van der Waals surface area (Å²) in [4.78, 5) is 25.5. The molecule has 2 rings (SSSR count). The molecule has 6 heteroatoms. The first-order valence-electron chi connectivity index (χ1n) is 7.64. The number of thiophene rings is 1. The van der Waals surface area contributed by atoms with Gasteiger partial charge in [0.15, 0.2) is 0 Å². The lowest BCUT2D eigenvalue weighted by Crippen LogP contribution is -2.45. The summed E-state index contributed by atoms with van der Waals surface area (Å²) in [6.45, 7) is 5.92. The van der Waals surface area contributed by atoms with Crippen molar-refractivity contribution in [1.82, 2.24) is 10.6 Å². The monoisotopic (exact) mass is 334 g/mol. The average molecular weight is 334 g/mol. The van der Waals surface area contributed by atoms with Gasteiger partial charge in [-0.1, -0.05) is 19.9 Å². The van der Waals surface area contributed by atoms with Crippen LogP contribution in [0.25, 0.3) is 0 Å². The fourth-order valence-electron chi connectivity index (χ4n) is 2.24. The van der Waals surface area contributed by atoms with Crippen LogP contribution < -0.4 is 10.6 Å². The molecule has 0 aliphatic heterocycles. The molecule has 2 aromatic rings. The van der Waals surface area contributed by atoms with E-state index in [0.29, 0.717) is 11.5 Å². The molecule has 0 bridgehead atoms. The normalized spacial score (nSPS) is 13.6. The molecule has 0 saturated heterocycles. The van der Waals surface area contributed by atoms with Crippen molar-refractivity contribution in [2.75, 3.05) is 0 Å². The van der Waals surface area contributed by atoms with E-state index in [1.807, 2.05) is 17.5 Å². The molecule has 2 N–H and O–H groups in total. The number of hydrogen-bond acceptors (Lipinski definition) is 4. The molecule has 2 atom stereocenters. The first-order valence-corrected chi connectivity index (χ1v) is 8.52. The molecule has 2 amide bonds. The highest BCUT2D eigenvalue weighted by molar-refractivity contribution is 7.10. The van der Waals surface area contributed by atoms with Gasteiger partial charge in [-0.05, 0) is 36.8 Å². The van der Waals surface area contributed by atoms with Crippen molar-refractivity contribution in [3.05, 3.63) is 46.5 Å². The molecule has 0 radical (unpaired) electrons. The number of rotatable bonds is 7. The van der Waals surface area contributed by atoms with Crippen molar-refractivity contribution >= 4 is 23.2 Å². The lowest BCUT2D eigenvalue weighted by atomic mass is 10.0. The molecule has 124 valence electrons. The Morgan fingerprint density at radius 2 is 2.00 bits per heavy atom. The minimum atomic E-state index is -0.618. The molecule has 0 saturated carbocycles. The summed E-state index contributed by atoms with van der Waals surface area (Å²) in [5.74, 6) is -0.0583. The van der Waals surface area contributed by atoms with Crippen LogP contribution in [-0.2, 0) is 4.79 Å². The third-order valence-electron chi connectivity index (χ3n) is 3.43. The minimum absolute atomic E-state index is 0.0317. The maximum absolute atomic E-state index is 12.4. The van der Waals surface area contributed by atoms with Crippen LogP contribution >= 0.6 is 11.3 Å². The molecule has 23 heavy (non-hydrogen) atoms. The SMILES string of the molecule is CC(C)CC(NC(=O)C(C)NC(=O)c1ccoc1)c1cccs1. The Labute approximate surface area is 140 Å². The molecule has 0 aliphatic carbocycles. The van der Waals surface area contributed by atoms with Gasteiger partial charge in [0, 0.05) is 4.88 Å². The third-order valence-corrected chi connectivity index (χ3v) is 4.42. The topological polar surface area (TPSA) is 71.3 Å². The smallest absolute Gasteiger partial charge is 0.255 e. The second kappa shape index (κ2) is 7.97. The van der Waals surface area contributed by atoms with Crippen LogP contribution in [0.2, 0.25) is 0 Å². The summed E-state index contributed by atoms with van der Waals surface area (Å²) in [5, 5.41) is 7.71. The van der Waals surface area contributed by atoms with E-state index in [9.17, 15) is 9.59 Å². The number of carbonyl (C=O) groups is 2. The van der Waals surface area contributed by atoms with Crippen molar-refractivity contribution in [1.29, 1.82) is 0 Å². The maximum atomic E-state index is 12.4. The Kier molecular flexibility index (Phi) is 5.98. The zero-order valence-electron chi connectivity index (χ0n) is 13.5. The van der Waals surface area contributed by atoms with Gasteiger partial charge in [-0.15, -0.1) is 11.3 Å². The predicted octanol–water partition coefficient (Wildman–Crippen LogP) is 3.36. The van der Waals surface area contributed by atoms with E-state index < -0.39 is 6.04 Å². The molecule has 0 fully saturated rings.